The Kier molecular flexibility index (Phi) is 4.31. The molecule has 0 radical (unpaired) electrons. The third-order valence-corrected chi connectivity index (χ3v) is 7.08. The molecule has 8 unspecified atom stereocenters. The van der Waals surface area contributed by atoms with Crippen LogP contribution in [0.4, 0.5) is 0 Å². The second-order valence-corrected chi connectivity index (χ2v) is 9.03. The van der Waals surface area contributed by atoms with Gasteiger partial charge in [0.2, 0.25) is 0 Å². The number of allylic oxidation sites excluding steroid dienone is 1. The van der Waals surface area contributed by atoms with E-state index in [2.05, 4.69) is 20.4 Å². The molecular formula is C20H30O5. The van der Waals surface area contributed by atoms with Crippen LogP contribution in [-0.2, 0) is 4.79 Å². The van der Waals surface area contributed by atoms with Gasteiger partial charge in [-0.15, -0.1) is 0 Å². The normalized spacial score (nSPS) is 51.8. The lowest BCUT2D eigenvalue weighted by Crippen LogP contribution is -2.51. The molecule has 4 N–H and O–H groups in total. The maximum absolute atomic E-state index is 13.0. The van der Waals surface area contributed by atoms with Crippen LogP contribution in [0.2, 0.25) is 0 Å². The Morgan fingerprint density at radius 1 is 1.24 bits per heavy atom. The molecule has 0 spiro atoms. The van der Waals surface area contributed by atoms with Crippen molar-refractivity contribution in [2.45, 2.75) is 64.4 Å². The molecule has 0 saturated heterocycles. The molecule has 0 aromatic carbocycles. The summed E-state index contributed by atoms with van der Waals surface area (Å²) >= 11 is 0. The fourth-order valence-corrected chi connectivity index (χ4v) is 5.15. The second-order valence-electron chi connectivity index (χ2n) is 9.03. The van der Waals surface area contributed by atoms with E-state index in [1.165, 1.54) is 0 Å². The quantitative estimate of drug-likeness (QED) is 0.492. The summed E-state index contributed by atoms with van der Waals surface area (Å²) in [5.74, 6) is -1.53. The zero-order chi connectivity index (χ0) is 18.9. The predicted octanol–water partition coefficient (Wildman–Crippen LogP) is 1.20. The number of ketones is 1. The molecule has 0 aliphatic heterocycles. The number of hydrogen-bond donors (Lipinski definition) is 4. The summed E-state index contributed by atoms with van der Waals surface area (Å²) in [5.41, 5.74) is -1.26. The number of carbonyl (C=O) groups is 1. The van der Waals surface area contributed by atoms with Gasteiger partial charge in [-0.05, 0) is 54.1 Å². The van der Waals surface area contributed by atoms with Gasteiger partial charge in [0, 0.05) is 0 Å². The van der Waals surface area contributed by atoms with Gasteiger partial charge in [0.05, 0.1) is 24.2 Å². The Labute approximate surface area is 149 Å². The van der Waals surface area contributed by atoms with Crippen molar-refractivity contribution in [1.29, 1.82) is 0 Å². The number of Topliss-reactive ketones (excluding diaryl/α,β-unsaturated/α-hetero) is 1. The lowest BCUT2D eigenvalue weighted by molar-refractivity contribution is -0.144. The Morgan fingerprint density at radius 3 is 2.44 bits per heavy atom. The van der Waals surface area contributed by atoms with Gasteiger partial charge in [0.15, 0.2) is 5.78 Å². The zero-order valence-electron chi connectivity index (χ0n) is 15.4. The molecule has 25 heavy (non-hydrogen) atoms. The highest BCUT2D eigenvalue weighted by Gasteiger charge is 2.61. The van der Waals surface area contributed by atoms with Gasteiger partial charge in [0.25, 0.3) is 0 Å². The number of aliphatic hydroxyl groups is 4. The van der Waals surface area contributed by atoms with Gasteiger partial charge in [-0.1, -0.05) is 33.4 Å². The first-order valence-electron chi connectivity index (χ1n) is 9.11. The summed E-state index contributed by atoms with van der Waals surface area (Å²) in [6.45, 7) is 11.4. The van der Waals surface area contributed by atoms with Gasteiger partial charge in [-0.25, -0.2) is 0 Å². The van der Waals surface area contributed by atoms with E-state index >= 15 is 0 Å². The molecule has 5 nitrogen and oxygen atoms in total. The third-order valence-electron chi connectivity index (χ3n) is 7.08. The van der Waals surface area contributed by atoms with E-state index in [4.69, 9.17) is 0 Å². The van der Waals surface area contributed by atoms with E-state index in [9.17, 15) is 25.2 Å². The van der Waals surface area contributed by atoms with Gasteiger partial charge in [-0.2, -0.15) is 0 Å². The van der Waals surface area contributed by atoms with Crippen LogP contribution in [-0.4, -0.2) is 50.1 Å². The van der Waals surface area contributed by atoms with Crippen molar-refractivity contribution in [2.24, 2.45) is 29.1 Å². The molecule has 0 aromatic heterocycles. The molecule has 140 valence electrons. The molecular weight excluding hydrogens is 320 g/mol. The summed E-state index contributed by atoms with van der Waals surface area (Å²) in [4.78, 5) is 13.0. The van der Waals surface area contributed by atoms with Crippen LogP contribution in [0.15, 0.2) is 23.8 Å². The maximum atomic E-state index is 13.0. The van der Waals surface area contributed by atoms with Crippen molar-refractivity contribution in [3.05, 3.63) is 23.8 Å². The SMILES string of the molecule is C=C1C(O)CC2C(/C=C(\C)C(=O)C3(O)CC(C)C(O)C3C1O)C2(C)C. The van der Waals surface area contributed by atoms with Crippen molar-refractivity contribution in [3.63, 3.8) is 0 Å². The highest BCUT2D eigenvalue weighted by atomic mass is 16.3. The Bertz CT molecular complexity index is 636. The monoisotopic (exact) mass is 350 g/mol. The first-order chi connectivity index (χ1) is 11.4. The van der Waals surface area contributed by atoms with Gasteiger partial charge >= 0.3 is 0 Å². The van der Waals surface area contributed by atoms with Crippen LogP contribution in [0, 0.1) is 29.1 Å². The predicted molar refractivity (Wildman–Crippen MR) is 93.5 cm³/mol. The number of aliphatic hydroxyl groups excluding tert-OH is 3. The molecule has 3 aliphatic carbocycles. The largest absolute Gasteiger partial charge is 0.392 e. The minimum atomic E-state index is -1.85. The van der Waals surface area contributed by atoms with E-state index in [-0.39, 0.29) is 35.2 Å². The molecule has 2 fully saturated rings. The average molecular weight is 350 g/mol. The molecule has 0 heterocycles. The highest BCUT2D eigenvalue weighted by Crippen LogP contribution is 2.62. The summed E-state index contributed by atoms with van der Waals surface area (Å²) in [7, 11) is 0. The summed E-state index contributed by atoms with van der Waals surface area (Å²) in [6, 6.07) is 0. The molecule has 3 rings (SSSR count). The summed E-state index contributed by atoms with van der Waals surface area (Å²) < 4.78 is 0. The van der Waals surface area contributed by atoms with E-state index in [1.807, 2.05) is 6.08 Å². The Hall–Kier alpha value is -1.01. The second kappa shape index (κ2) is 5.74. The maximum Gasteiger partial charge on any atom is 0.190 e. The van der Waals surface area contributed by atoms with Crippen LogP contribution in [0.1, 0.15) is 40.5 Å². The molecule has 8 atom stereocenters. The zero-order valence-corrected chi connectivity index (χ0v) is 15.4. The highest BCUT2D eigenvalue weighted by molar-refractivity contribution is 6.02. The molecule has 0 aromatic rings. The Morgan fingerprint density at radius 2 is 1.84 bits per heavy atom. The van der Waals surface area contributed by atoms with Crippen molar-refractivity contribution >= 4 is 5.78 Å². The van der Waals surface area contributed by atoms with Crippen molar-refractivity contribution in [2.75, 3.05) is 0 Å². The molecule has 0 amide bonds. The summed E-state index contributed by atoms with van der Waals surface area (Å²) in [6.07, 6.45) is -0.880. The topological polar surface area (TPSA) is 98.0 Å². The Balaban J connectivity index is 2.08. The number of rotatable bonds is 0. The minimum absolute atomic E-state index is 0.0442. The fraction of sp³-hybridized carbons (Fsp3) is 0.750. The molecule has 5 heteroatoms. The van der Waals surface area contributed by atoms with Gasteiger partial charge < -0.3 is 20.4 Å². The van der Waals surface area contributed by atoms with Crippen LogP contribution >= 0.6 is 0 Å². The van der Waals surface area contributed by atoms with E-state index in [1.54, 1.807) is 13.8 Å². The van der Waals surface area contributed by atoms with Crippen LogP contribution in [0.3, 0.4) is 0 Å². The third kappa shape index (κ3) is 2.64. The number of fused-ring (bicyclic) bond motifs is 2. The van der Waals surface area contributed by atoms with Crippen molar-refractivity contribution in [1.82, 2.24) is 0 Å². The lowest BCUT2D eigenvalue weighted by Gasteiger charge is -2.35. The van der Waals surface area contributed by atoms with Gasteiger partial charge in [-0.3, -0.25) is 4.79 Å². The number of hydrogen-bond acceptors (Lipinski definition) is 5. The number of carbonyl (C=O) groups excluding carboxylic acids is 1. The first-order valence-corrected chi connectivity index (χ1v) is 9.11. The standard InChI is InChI=1S/C20H30O5/c1-9-6-12-13(19(12,4)5)7-14(21)11(3)17(23)15-16(22)10(2)8-20(15,25)18(9)24/h6,10,12-17,21-23,25H,3,7-8H2,1-2,4-5H3/b9-6+. The smallest absolute Gasteiger partial charge is 0.190 e. The first kappa shape index (κ1) is 18.8. The van der Waals surface area contributed by atoms with Crippen LogP contribution < -0.4 is 0 Å². The average Bonchev–Trinajstić information content (AvgIpc) is 2.92. The summed E-state index contributed by atoms with van der Waals surface area (Å²) in [5, 5.41) is 43.0. The molecule has 3 aliphatic rings. The van der Waals surface area contributed by atoms with Crippen LogP contribution in [0.25, 0.3) is 0 Å². The molecule has 2 saturated carbocycles. The van der Waals surface area contributed by atoms with E-state index in [0.717, 1.165) is 0 Å². The minimum Gasteiger partial charge on any atom is -0.392 e. The van der Waals surface area contributed by atoms with Crippen LogP contribution in [0.5, 0.6) is 0 Å². The fourth-order valence-electron chi connectivity index (χ4n) is 5.15. The molecule has 0 bridgehead atoms. The lowest BCUT2D eigenvalue weighted by atomic mass is 9.77. The van der Waals surface area contributed by atoms with Crippen molar-refractivity contribution in [3.8, 4) is 0 Å². The van der Waals surface area contributed by atoms with E-state index < -0.39 is 35.6 Å². The van der Waals surface area contributed by atoms with Crippen molar-refractivity contribution < 1.29 is 25.2 Å². The van der Waals surface area contributed by atoms with Gasteiger partial charge in [0.1, 0.15) is 5.60 Å². The van der Waals surface area contributed by atoms with E-state index in [0.29, 0.717) is 12.0 Å².